The Hall–Kier alpha value is -5.09. The molecule has 0 bridgehead atoms. The molecule has 8 nitrogen and oxygen atoms in total. The molecular formula is C41H36BrN3O5. The maximum absolute atomic E-state index is 14.3. The van der Waals surface area contributed by atoms with E-state index in [1.54, 1.807) is 39.8 Å². The van der Waals surface area contributed by atoms with Crippen molar-refractivity contribution in [1.82, 2.24) is 4.90 Å². The van der Waals surface area contributed by atoms with Crippen molar-refractivity contribution in [3.63, 3.8) is 0 Å². The lowest BCUT2D eigenvalue weighted by atomic mass is 9.83. The Morgan fingerprint density at radius 2 is 1.64 bits per heavy atom. The smallest absolute Gasteiger partial charge is 0.264 e. The average Bonchev–Trinajstić information content (AvgIpc) is 3.53. The summed E-state index contributed by atoms with van der Waals surface area (Å²) >= 11 is 3.51. The zero-order chi connectivity index (χ0) is 35.0. The molecule has 5 aromatic rings. The number of rotatable bonds is 11. The van der Waals surface area contributed by atoms with Gasteiger partial charge in [0.15, 0.2) is 5.60 Å². The first-order valence-corrected chi connectivity index (χ1v) is 17.4. The number of benzene rings is 5. The third-order valence-electron chi connectivity index (χ3n) is 9.61. The van der Waals surface area contributed by atoms with Gasteiger partial charge < -0.3 is 20.0 Å². The first-order chi connectivity index (χ1) is 24.2. The van der Waals surface area contributed by atoms with Gasteiger partial charge in [0.05, 0.1) is 30.1 Å². The van der Waals surface area contributed by atoms with E-state index in [1.807, 2.05) is 103 Å². The molecule has 252 valence electrons. The second-order valence-corrected chi connectivity index (χ2v) is 13.7. The molecule has 9 heteroatoms. The summed E-state index contributed by atoms with van der Waals surface area (Å²) in [5.74, 6) is -1.42. The van der Waals surface area contributed by atoms with Crippen LogP contribution < -0.4 is 9.80 Å². The van der Waals surface area contributed by atoms with Crippen molar-refractivity contribution < 1.29 is 24.6 Å². The van der Waals surface area contributed by atoms with Crippen molar-refractivity contribution >= 4 is 61.5 Å². The molecule has 3 amide bonds. The summed E-state index contributed by atoms with van der Waals surface area (Å²) in [5, 5.41) is 23.7. The number of amides is 3. The number of halogens is 1. The molecule has 2 N–H and O–H groups in total. The lowest BCUT2D eigenvalue weighted by Crippen LogP contribution is -2.44. The van der Waals surface area contributed by atoms with E-state index in [1.165, 1.54) is 0 Å². The SMILES string of the molecule is C[C@H](/C=C/CC(=O)N(CCO)Cc1ccccc1)[C@@]1(O)C(=O)N(Cc2cccc(N3C(=O)c4cccc5cccc3c45)c2)c2ccc(Br)cc21. The monoisotopic (exact) mass is 729 g/mol. The molecule has 0 radical (unpaired) electrons. The first kappa shape index (κ1) is 33.4. The maximum atomic E-state index is 14.3. The van der Waals surface area contributed by atoms with E-state index in [0.717, 1.165) is 32.1 Å². The fourth-order valence-electron chi connectivity index (χ4n) is 7.08. The predicted octanol–water partition coefficient (Wildman–Crippen LogP) is 7.23. The molecule has 0 aliphatic carbocycles. The van der Waals surface area contributed by atoms with E-state index >= 15 is 0 Å². The summed E-state index contributed by atoms with van der Waals surface area (Å²) in [7, 11) is 0. The Kier molecular flexibility index (Phi) is 9.13. The fraction of sp³-hybridized carbons (Fsp3) is 0.195. The largest absolute Gasteiger partial charge is 0.395 e. The van der Waals surface area contributed by atoms with Crippen molar-refractivity contribution in [2.24, 2.45) is 5.92 Å². The zero-order valence-corrected chi connectivity index (χ0v) is 29.1. The van der Waals surface area contributed by atoms with Gasteiger partial charge in [0.2, 0.25) is 5.91 Å². The van der Waals surface area contributed by atoms with Gasteiger partial charge in [0, 0.05) is 46.5 Å². The molecule has 0 fully saturated rings. The van der Waals surface area contributed by atoms with Crippen LogP contribution in [0.1, 0.15) is 40.4 Å². The molecule has 2 heterocycles. The lowest BCUT2D eigenvalue weighted by Gasteiger charge is -2.28. The van der Waals surface area contributed by atoms with Gasteiger partial charge in [0.1, 0.15) is 0 Å². The summed E-state index contributed by atoms with van der Waals surface area (Å²) in [6, 6.07) is 34.2. The third kappa shape index (κ3) is 5.91. The molecule has 5 aromatic carbocycles. The Morgan fingerprint density at radius 1 is 0.900 bits per heavy atom. The highest BCUT2D eigenvalue weighted by Gasteiger charge is 2.52. The minimum atomic E-state index is -1.88. The standard InChI is InChI=1S/C41H36BrN3O5/c1-27(9-5-18-37(47)43(21-22-46)25-28-10-3-2-4-11-28)41(50)34-24-31(42)19-20-35(34)44(40(41)49)26-29-12-6-15-32(23-29)45-36-17-8-14-30-13-7-16-33(38(30)36)39(45)48/h2-17,19-20,23-24,27,46,50H,18,21-22,25-26H2,1H3/b9-5+/t27-,41+/m1/s1. The third-order valence-corrected chi connectivity index (χ3v) is 10.1. The van der Waals surface area contributed by atoms with E-state index in [9.17, 15) is 24.6 Å². The number of aliphatic hydroxyl groups is 2. The Morgan fingerprint density at radius 3 is 2.42 bits per heavy atom. The van der Waals surface area contributed by atoms with Crippen molar-refractivity contribution in [2.75, 3.05) is 23.0 Å². The van der Waals surface area contributed by atoms with E-state index in [-0.39, 0.29) is 37.9 Å². The van der Waals surface area contributed by atoms with Crippen LogP contribution in [0.3, 0.4) is 0 Å². The van der Waals surface area contributed by atoms with Gasteiger partial charge >= 0.3 is 0 Å². The van der Waals surface area contributed by atoms with Gasteiger partial charge in [-0.2, -0.15) is 0 Å². The minimum Gasteiger partial charge on any atom is -0.395 e. The van der Waals surface area contributed by atoms with Gasteiger partial charge in [-0.15, -0.1) is 0 Å². The first-order valence-electron chi connectivity index (χ1n) is 16.6. The molecule has 0 aromatic heterocycles. The second-order valence-electron chi connectivity index (χ2n) is 12.8. The van der Waals surface area contributed by atoms with Crippen LogP contribution in [0.25, 0.3) is 10.8 Å². The summed E-state index contributed by atoms with van der Waals surface area (Å²) in [4.78, 5) is 45.9. The normalized spacial score (nSPS) is 17.2. The average molecular weight is 731 g/mol. The highest BCUT2D eigenvalue weighted by molar-refractivity contribution is 9.10. The molecule has 2 aliphatic heterocycles. The van der Waals surface area contributed by atoms with E-state index in [2.05, 4.69) is 15.9 Å². The van der Waals surface area contributed by atoms with E-state index in [0.29, 0.717) is 29.0 Å². The number of fused-ring (bicyclic) bond motifs is 1. The summed E-state index contributed by atoms with van der Waals surface area (Å²) < 4.78 is 0.722. The van der Waals surface area contributed by atoms with Crippen molar-refractivity contribution in [3.8, 4) is 0 Å². The molecule has 2 atom stereocenters. The molecule has 7 rings (SSSR count). The molecule has 0 spiro atoms. The van der Waals surface area contributed by atoms with Gasteiger partial charge in [-0.3, -0.25) is 19.3 Å². The Balaban J connectivity index is 1.12. The Bertz CT molecular complexity index is 2150. The molecule has 50 heavy (non-hydrogen) atoms. The van der Waals surface area contributed by atoms with Crippen molar-refractivity contribution in [2.45, 2.75) is 32.0 Å². The zero-order valence-electron chi connectivity index (χ0n) is 27.5. The molecule has 0 saturated heterocycles. The number of hydrogen-bond acceptors (Lipinski definition) is 5. The summed E-state index contributed by atoms with van der Waals surface area (Å²) in [6.07, 6.45) is 3.45. The highest BCUT2D eigenvalue weighted by atomic mass is 79.9. The van der Waals surface area contributed by atoms with Crippen molar-refractivity contribution in [1.29, 1.82) is 0 Å². The number of carbonyl (C=O) groups is 3. The summed E-state index contributed by atoms with van der Waals surface area (Å²) in [5.41, 5.74) is 3.10. The second kappa shape index (κ2) is 13.7. The number of hydrogen-bond donors (Lipinski definition) is 2. The van der Waals surface area contributed by atoms with Crippen LogP contribution in [0.5, 0.6) is 0 Å². The van der Waals surface area contributed by atoms with E-state index in [4.69, 9.17) is 0 Å². The summed E-state index contributed by atoms with van der Waals surface area (Å²) in [6.45, 7) is 2.35. The van der Waals surface area contributed by atoms with Crippen LogP contribution in [0, 0.1) is 5.92 Å². The van der Waals surface area contributed by atoms with Crippen molar-refractivity contribution in [3.05, 3.63) is 148 Å². The topological polar surface area (TPSA) is 101 Å². The number of nitrogens with zero attached hydrogens (tertiary/aromatic N) is 3. The van der Waals surface area contributed by atoms with Gasteiger partial charge in [-0.1, -0.05) is 102 Å². The minimum absolute atomic E-state index is 0.0517. The Labute approximate surface area is 299 Å². The number of carbonyl (C=O) groups excluding carboxylic acids is 3. The van der Waals surface area contributed by atoms with Gasteiger partial charge in [0.25, 0.3) is 11.8 Å². The van der Waals surface area contributed by atoms with Gasteiger partial charge in [-0.25, -0.2) is 0 Å². The quantitative estimate of drug-likeness (QED) is 0.140. The highest BCUT2D eigenvalue weighted by Crippen LogP contribution is 2.47. The van der Waals surface area contributed by atoms with Crippen LogP contribution in [0.4, 0.5) is 17.1 Å². The molecular weight excluding hydrogens is 694 g/mol. The van der Waals surface area contributed by atoms with Crippen LogP contribution >= 0.6 is 15.9 Å². The number of aliphatic hydroxyl groups excluding tert-OH is 1. The fourth-order valence-corrected chi connectivity index (χ4v) is 7.44. The number of anilines is 3. The van der Waals surface area contributed by atoms with Crippen LogP contribution in [-0.4, -0.2) is 46.0 Å². The van der Waals surface area contributed by atoms with Gasteiger partial charge in [-0.05, 0) is 59.0 Å². The molecule has 2 aliphatic rings. The lowest BCUT2D eigenvalue weighted by molar-refractivity contribution is -0.139. The van der Waals surface area contributed by atoms with Crippen LogP contribution in [-0.2, 0) is 28.3 Å². The van der Waals surface area contributed by atoms with Crippen LogP contribution in [0.2, 0.25) is 0 Å². The maximum Gasteiger partial charge on any atom is 0.264 e. The van der Waals surface area contributed by atoms with Crippen LogP contribution in [0.15, 0.2) is 126 Å². The predicted molar refractivity (Wildman–Crippen MR) is 198 cm³/mol. The molecule has 0 unspecified atom stereocenters. The van der Waals surface area contributed by atoms with E-state index < -0.39 is 17.4 Å². The molecule has 0 saturated carbocycles.